The molecule has 1 aromatic heterocycles. The molecule has 3 nitrogen and oxygen atoms in total. The van der Waals surface area contributed by atoms with Crippen LogP contribution < -0.4 is 0 Å². The third-order valence-corrected chi connectivity index (χ3v) is 4.51. The summed E-state index contributed by atoms with van der Waals surface area (Å²) in [7, 11) is 0. The van der Waals surface area contributed by atoms with Crippen LogP contribution in [0.5, 0.6) is 0 Å². The van der Waals surface area contributed by atoms with Gasteiger partial charge in [-0.05, 0) is 0 Å². The molecule has 0 radical (unpaired) electrons. The molecular weight excluding hydrogens is 271 g/mol. The van der Waals surface area contributed by atoms with E-state index in [2.05, 4.69) is 0 Å². The molecule has 2 aromatic rings. The Kier molecular flexibility index (Phi) is 3.44. The molecule has 16 heavy (non-hydrogen) atoms. The molecule has 0 aliphatic rings. The molecule has 0 amide bonds. The van der Waals surface area contributed by atoms with Crippen LogP contribution in [0.2, 0.25) is 0 Å². The fourth-order valence-electron chi connectivity index (χ4n) is 1.48. The normalized spacial score (nSPS) is 10.6. The minimum atomic E-state index is -0.218. The molecule has 84 valence electrons. The summed E-state index contributed by atoms with van der Waals surface area (Å²) in [5.74, 6) is -0.218. The summed E-state index contributed by atoms with van der Waals surface area (Å²) in [6.45, 7) is 2.25. The summed E-state index contributed by atoms with van der Waals surface area (Å²) >= 11 is 0.00671. The van der Waals surface area contributed by atoms with Gasteiger partial charge >= 0.3 is 99.2 Å². The zero-order chi connectivity index (χ0) is 11.5. The van der Waals surface area contributed by atoms with Crippen LogP contribution in [0.3, 0.4) is 0 Å². The molecule has 0 saturated carbocycles. The standard InChI is InChI=1S/C12H12O3Se/c1-2-15-12(14)11-6-9-4-3-8(7-13)5-10(9)16-11/h3-6,13H,2,7H2,1H3. The molecule has 1 aromatic carbocycles. The van der Waals surface area contributed by atoms with Gasteiger partial charge in [-0.3, -0.25) is 0 Å². The van der Waals surface area contributed by atoms with Gasteiger partial charge in [0.1, 0.15) is 0 Å². The number of carbonyl (C=O) groups excluding carboxylic acids is 1. The second-order valence-electron chi connectivity index (χ2n) is 3.36. The van der Waals surface area contributed by atoms with Gasteiger partial charge in [0.05, 0.1) is 0 Å². The number of fused-ring (bicyclic) bond motifs is 1. The predicted octanol–water partition coefficient (Wildman–Crippen LogP) is 1.57. The van der Waals surface area contributed by atoms with Crippen LogP contribution in [0.15, 0.2) is 24.3 Å². The van der Waals surface area contributed by atoms with Crippen LogP contribution in [0, 0.1) is 0 Å². The summed E-state index contributed by atoms with van der Waals surface area (Å²) < 4.78 is 6.86. The summed E-state index contributed by atoms with van der Waals surface area (Å²) in [6.07, 6.45) is 0. The Morgan fingerprint density at radius 2 is 2.25 bits per heavy atom. The Balaban J connectivity index is 2.39. The van der Waals surface area contributed by atoms with E-state index < -0.39 is 0 Å². The average molecular weight is 283 g/mol. The van der Waals surface area contributed by atoms with Gasteiger partial charge in [-0.1, -0.05) is 0 Å². The number of carbonyl (C=O) groups is 1. The fraction of sp³-hybridized carbons (Fsp3) is 0.250. The molecule has 1 N–H and O–H groups in total. The van der Waals surface area contributed by atoms with Crippen molar-refractivity contribution in [1.29, 1.82) is 0 Å². The van der Waals surface area contributed by atoms with Crippen molar-refractivity contribution < 1.29 is 14.6 Å². The van der Waals surface area contributed by atoms with Crippen LogP contribution in [0.4, 0.5) is 0 Å². The SMILES string of the molecule is CCOC(=O)c1cc2ccc(CO)cc2[se]1. The Morgan fingerprint density at radius 3 is 2.94 bits per heavy atom. The Bertz CT molecular complexity index is 516. The quantitative estimate of drug-likeness (QED) is 0.687. The van der Waals surface area contributed by atoms with E-state index in [1.807, 2.05) is 24.3 Å². The number of hydrogen-bond donors (Lipinski definition) is 1. The van der Waals surface area contributed by atoms with Gasteiger partial charge < -0.3 is 0 Å². The molecule has 0 aliphatic heterocycles. The molecule has 0 atom stereocenters. The zero-order valence-corrected chi connectivity index (χ0v) is 10.6. The first-order valence-electron chi connectivity index (χ1n) is 5.05. The van der Waals surface area contributed by atoms with Crippen LogP contribution in [0.1, 0.15) is 21.7 Å². The Hall–Kier alpha value is -1.09. The van der Waals surface area contributed by atoms with Gasteiger partial charge in [-0.15, -0.1) is 0 Å². The average Bonchev–Trinajstić information content (AvgIpc) is 2.71. The second kappa shape index (κ2) is 4.83. The fourth-order valence-corrected chi connectivity index (χ4v) is 3.62. The van der Waals surface area contributed by atoms with Gasteiger partial charge in [0.25, 0.3) is 0 Å². The molecule has 0 saturated heterocycles. The van der Waals surface area contributed by atoms with Crippen LogP contribution >= 0.6 is 0 Å². The van der Waals surface area contributed by atoms with Crippen molar-refractivity contribution in [2.45, 2.75) is 13.5 Å². The topological polar surface area (TPSA) is 46.5 Å². The number of hydrogen-bond acceptors (Lipinski definition) is 3. The predicted molar refractivity (Wildman–Crippen MR) is 62.8 cm³/mol. The van der Waals surface area contributed by atoms with E-state index in [0.717, 1.165) is 19.6 Å². The molecule has 1 heterocycles. The van der Waals surface area contributed by atoms with Gasteiger partial charge in [-0.2, -0.15) is 0 Å². The summed E-state index contributed by atoms with van der Waals surface area (Å²) in [5.41, 5.74) is 0.888. The van der Waals surface area contributed by atoms with Crippen molar-refractivity contribution >= 4 is 30.1 Å². The third-order valence-electron chi connectivity index (χ3n) is 2.24. The summed E-state index contributed by atoms with van der Waals surface area (Å²) in [5, 5.41) is 10.1. The molecule has 0 fully saturated rings. The minimum absolute atomic E-state index is 0.00671. The van der Waals surface area contributed by atoms with Crippen molar-refractivity contribution in [3.63, 3.8) is 0 Å². The van der Waals surface area contributed by atoms with Crippen molar-refractivity contribution in [1.82, 2.24) is 0 Å². The van der Waals surface area contributed by atoms with Crippen LogP contribution in [-0.2, 0) is 11.3 Å². The van der Waals surface area contributed by atoms with E-state index in [1.54, 1.807) is 6.92 Å². The number of rotatable bonds is 3. The third kappa shape index (κ3) is 2.19. The first-order valence-corrected chi connectivity index (χ1v) is 6.76. The Morgan fingerprint density at radius 1 is 1.44 bits per heavy atom. The van der Waals surface area contributed by atoms with Gasteiger partial charge in [0.2, 0.25) is 0 Å². The van der Waals surface area contributed by atoms with E-state index >= 15 is 0 Å². The van der Waals surface area contributed by atoms with Gasteiger partial charge in [0.15, 0.2) is 0 Å². The number of ether oxygens (including phenoxy) is 1. The molecule has 4 heteroatoms. The van der Waals surface area contributed by atoms with Crippen molar-refractivity contribution in [2.75, 3.05) is 6.61 Å². The maximum atomic E-state index is 11.5. The monoisotopic (exact) mass is 284 g/mol. The molecule has 0 bridgehead atoms. The zero-order valence-electron chi connectivity index (χ0n) is 8.90. The van der Waals surface area contributed by atoms with E-state index in [0.29, 0.717) is 6.61 Å². The molecule has 0 spiro atoms. The second-order valence-corrected chi connectivity index (χ2v) is 5.64. The first kappa shape index (κ1) is 11.4. The van der Waals surface area contributed by atoms with E-state index in [9.17, 15) is 4.79 Å². The van der Waals surface area contributed by atoms with Gasteiger partial charge in [-0.25, -0.2) is 0 Å². The molecule has 0 aliphatic carbocycles. The van der Waals surface area contributed by atoms with Gasteiger partial charge in [0, 0.05) is 0 Å². The molecule has 0 unspecified atom stereocenters. The molecular formula is C12H12O3Se. The number of aliphatic hydroxyl groups excluding tert-OH is 1. The maximum absolute atomic E-state index is 11.5. The van der Waals surface area contributed by atoms with Crippen molar-refractivity contribution in [3.05, 3.63) is 34.3 Å². The first-order chi connectivity index (χ1) is 7.74. The number of esters is 1. The van der Waals surface area contributed by atoms with Crippen molar-refractivity contribution in [3.8, 4) is 0 Å². The van der Waals surface area contributed by atoms with Crippen LogP contribution in [-0.4, -0.2) is 32.2 Å². The summed E-state index contributed by atoms with van der Waals surface area (Å²) in [6, 6.07) is 7.65. The van der Waals surface area contributed by atoms with Crippen molar-refractivity contribution in [2.24, 2.45) is 0 Å². The number of aliphatic hydroxyl groups is 1. The van der Waals surface area contributed by atoms with E-state index in [1.165, 1.54) is 0 Å². The van der Waals surface area contributed by atoms with E-state index in [4.69, 9.17) is 9.84 Å². The Labute approximate surface area is 99.4 Å². The molecule has 2 rings (SSSR count). The van der Waals surface area contributed by atoms with Crippen LogP contribution in [0.25, 0.3) is 9.65 Å². The van der Waals surface area contributed by atoms with E-state index in [-0.39, 0.29) is 27.1 Å². The summed E-state index contributed by atoms with van der Waals surface area (Å²) in [4.78, 5) is 11.5. The number of benzene rings is 1.